The predicted molar refractivity (Wildman–Crippen MR) is 85.9 cm³/mol. The van der Waals surface area contributed by atoms with E-state index in [2.05, 4.69) is 21.2 Å². The van der Waals surface area contributed by atoms with Crippen molar-refractivity contribution in [1.29, 1.82) is 0 Å². The monoisotopic (exact) mass is 349 g/mol. The van der Waals surface area contributed by atoms with Crippen LogP contribution >= 0.6 is 15.9 Å². The summed E-state index contributed by atoms with van der Waals surface area (Å²) in [6.07, 6.45) is 0. The fourth-order valence-electron chi connectivity index (χ4n) is 1.99. The number of aryl methyl sites for hydroxylation is 1. The Morgan fingerprint density at radius 2 is 1.90 bits per heavy atom. The van der Waals surface area contributed by atoms with Crippen LogP contribution in [0.1, 0.15) is 17.2 Å². The van der Waals surface area contributed by atoms with Gasteiger partial charge >= 0.3 is 5.97 Å². The Morgan fingerprint density at radius 3 is 2.43 bits per heavy atom. The van der Waals surface area contributed by atoms with Crippen LogP contribution in [0.4, 0.5) is 5.69 Å². The lowest BCUT2D eigenvalue weighted by molar-refractivity contribution is -0.138. The highest BCUT2D eigenvalue weighted by Crippen LogP contribution is 2.28. The number of hydrogen-bond acceptors (Lipinski definition) is 3. The summed E-state index contributed by atoms with van der Waals surface area (Å²) in [7, 11) is 1.59. The zero-order valence-corrected chi connectivity index (χ0v) is 13.3. The molecule has 0 bridgehead atoms. The smallest absolute Gasteiger partial charge is 0.330 e. The molecule has 21 heavy (non-hydrogen) atoms. The molecule has 0 fully saturated rings. The summed E-state index contributed by atoms with van der Waals surface area (Å²) >= 11 is 3.43. The van der Waals surface area contributed by atoms with Gasteiger partial charge in [0.05, 0.1) is 7.11 Å². The number of aliphatic carboxylic acids is 1. The number of carboxylic acid groups (broad SMARTS) is 1. The van der Waals surface area contributed by atoms with Crippen molar-refractivity contribution in [2.24, 2.45) is 0 Å². The molecule has 1 unspecified atom stereocenters. The number of rotatable bonds is 5. The van der Waals surface area contributed by atoms with Crippen molar-refractivity contribution in [2.75, 3.05) is 12.4 Å². The van der Waals surface area contributed by atoms with Gasteiger partial charge in [0.1, 0.15) is 5.75 Å². The molecule has 2 aromatic rings. The highest BCUT2D eigenvalue weighted by molar-refractivity contribution is 9.10. The highest BCUT2D eigenvalue weighted by atomic mass is 79.9. The van der Waals surface area contributed by atoms with E-state index in [0.29, 0.717) is 5.56 Å². The molecule has 2 rings (SSSR count). The average molecular weight is 350 g/mol. The first-order valence-electron chi connectivity index (χ1n) is 6.40. The number of anilines is 1. The van der Waals surface area contributed by atoms with Crippen molar-refractivity contribution in [3.05, 3.63) is 58.1 Å². The Bertz CT molecular complexity index is 640. The van der Waals surface area contributed by atoms with Gasteiger partial charge in [-0.1, -0.05) is 28.1 Å². The van der Waals surface area contributed by atoms with Crippen molar-refractivity contribution in [3.63, 3.8) is 0 Å². The maximum Gasteiger partial charge on any atom is 0.330 e. The highest BCUT2D eigenvalue weighted by Gasteiger charge is 2.22. The van der Waals surface area contributed by atoms with Crippen LogP contribution < -0.4 is 10.1 Å². The maximum absolute atomic E-state index is 11.6. The van der Waals surface area contributed by atoms with Gasteiger partial charge in [-0.05, 0) is 48.4 Å². The quantitative estimate of drug-likeness (QED) is 0.856. The van der Waals surface area contributed by atoms with Crippen LogP contribution in [0.15, 0.2) is 46.9 Å². The molecule has 0 spiro atoms. The third kappa shape index (κ3) is 3.76. The summed E-state index contributed by atoms with van der Waals surface area (Å²) in [5, 5.41) is 12.5. The van der Waals surface area contributed by atoms with Crippen LogP contribution in [-0.2, 0) is 4.79 Å². The largest absolute Gasteiger partial charge is 0.497 e. The first-order chi connectivity index (χ1) is 10.0. The Morgan fingerprint density at radius 1 is 1.24 bits per heavy atom. The molecule has 110 valence electrons. The van der Waals surface area contributed by atoms with Gasteiger partial charge in [-0.15, -0.1) is 0 Å². The van der Waals surface area contributed by atoms with Crippen LogP contribution in [-0.4, -0.2) is 18.2 Å². The van der Waals surface area contributed by atoms with Crippen LogP contribution in [0.3, 0.4) is 0 Å². The molecule has 1 atom stereocenters. The molecule has 0 saturated carbocycles. The standard InChI is InChI=1S/C16H16BrNO3/c1-10-3-8-13(14(17)9-10)15(16(19)20)18-11-4-6-12(21-2)7-5-11/h3-9,15,18H,1-2H3,(H,19,20). The average Bonchev–Trinajstić information content (AvgIpc) is 2.46. The topological polar surface area (TPSA) is 58.6 Å². The fourth-order valence-corrected chi connectivity index (χ4v) is 2.71. The molecule has 0 saturated heterocycles. The van der Waals surface area contributed by atoms with Gasteiger partial charge in [-0.25, -0.2) is 4.79 Å². The third-order valence-electron chi connectivity index (χ3n) is 3.11. The number of halogens is 1. The van der Waals surface area contributed by atoms with Gasteiger partial charge in [0.25, 0.3) is 0 Å². The first kappa shape index (κ1) is 15.4. The third-order valence-corrected chi connectivity index (χ3v) is 3.80. The van der Waals surface area contributed by atoms with Crippen molar-refractivity contribution >= 4 is 27.6 Å². The summed E-state index contributed by atoms with van der Waals surface area (Å²) in [4.78, 5) is 11.6. The zero-order chi connectivity index (χ0) is 15.4. The first-order valence-corrected chi connectivity index (χ1v) is 7.20. The minimum absolute atomic E-state index is 0.684. The second kappa shape index (κ2) is 6.63. The van der Waals surface area contributed by atoms with Gasteiger partial charge in [0, 0.05) is 10.2 Å². The fraction of sp³-hybridized carbons (Fsp3) is 0.188. The van der Waals surface area contributed by atoms with E-state index in [9.17, 15) is 9.90 Å². The van der Waals surface area contributed by atoms with Crippen molar-refractivity contribution < 1.29 is 14.6 Å². The van der Waals surface area contributed by atoms with Crippen LogP contribution in [0.2, 0.25) is 0 Å². The molecule has 0 amide bonds. The molecule has 0 aliphatic rings. The Labute approximate surface area is 131 Å². The van der Waals surface area contributed by atoms with E-state index >= 15 is 0 Å². The lowest BCUT2D eigenvalue weighted by atomic mass is 10.0. The van der Waals surface area contributed by atoms with E-state index in [4.69, 9.17) is 4.74 Å². The summed E-state index contributed by atoms with van der Waals surface area (Å²) in [5.41, 5.74) is 2.47. The second-order valence-corrected chi connectivity index (χ2v) is 5.52. The van der Waals surface area contributed by atoms with Crippen LogP contribution in [0.25, 0.3) is 0 Å². The minimum atomic E-state index is -0.935. The minimum Gasteiger partial charge on any atom is -0.497 e. The van der Waals surface area contributed by atoms with Crippen molar-refractivity contribution in [3.8, 4) is 5.75 Å². The van der Waals surface area contributed by atoms with Crippen molar-refractivity contribution in [2.45, 2.75) is 13.0 Å². The number of nitrogens with one attached hydrogen (secondary N) is 1. The number of benzene rings is 2. The molecule has 0 aliphatic heterocycles. The van der Waals surface area contributed by atoms with Gasteiger partial charge in [-0.2, -0.15) is 0 Å². The Kier molecular flexibility index (Phi) is 4.85. The molecule has 2 N–H and O–H groups in total. The van der Waals surface area contributed by atoms with E-state index in [-0.39, 0.29) is 0 Å². The number of hydrogen-bond donors (Lipinski definition) is 2. The summed E-state index contributed by atoms with van der Waals surface area (Å²) < 4.78 is 5.86. The number of ether oxygens (including phenoxy) is 1. The lowest BCUT2D eigenvalue weighted by Gasteiger charge is -2.18. The van der Waals surface area contributed by atoms with Crippen LogP contribution in [0.5, 0.6) is 5.75 Å². The molecule has 0 aliphatic carbocycles. The molecular formula is C16H16BrNO3. The number of methoxy groups -OCH3 is 1. The van der Waals surface area contributed by atoms with Gasteiger partial charge in [-0.3, -0.25) is 0 Å². The zero-order valence-electron chi connectivity index (χ0n) is 11.8. The Hall–Kier alpha value is -2.01. The van der Waals surface area contributed by atoms with Crippen molar-refractivity contribution in [1.82, 2.24) is 0 Å². The SMILES string of the molecule is COc1ccc(NC(C(=O)O)c2ccc(C)cc2Br)cc1. The van der Waals surface area contributed by atoms with Gasteiger partial charge in [0.15, 0.2) is 6.04 Å². The summed E-state index contributed by atoms with van der Waals surface area (Å²) in [6.45, 7) is 1.96. The van der Waals surface area contributed by atoms with Gasteiger partial charge in [0.2, 0.25) is 0 Å². The molecular weight excluding hydrogens is 334 g/mol. The maximum atomic E-state index is 11.6. The van der Waals surface area contributed by atoms with E-state index in [1.165, 1.54) is 0 Å². The molecule has 4 nitrogen and oxygen atoms in total. The normalized spacial score (nSPS) is 11.8. The number of carbonyl (C=O) groups is 1. The van der Waals surface area contributed by atoms with E-state index in [0.717, 1.165) is 21.5 Å². The molecule has 0 heterocycles. The molecule has 5 heteroatoms. The summed E-state index contributed by atoms with van der Waals surface area (Å²) in [5.74, 6) is -0.209. The number of carboxylic acids is 1. The molecule has 0 radical (unpaired) electrons. The van der Waals surface area contributed by atoms with Gasteiger partial charge < -0.3 is 15.2 Å². The van der Waals surface area contributed by atoms with E-state index < -0.39 is 12.0 Å². The Balaban J connectivity index is 2.28. The van der Waals surface area contributed by atoms with Crippen LogP contribution in [0, 0.1) is 6.92 Å². The van der Waals surface area contributed by atoms with E-state index in [1.54, 1.807) is 31.4 Å². The molecule has 0 aromatic heterocycles. The summed E-state index contributed by atoms with van der Waals surface area (Å²) in [6, 6.07) is 11.9. The predicted octanol–water partition coefficient (Wildman–Crippen LogP) is 4.00. The van der Waals surface area contributed by atoms with E-state index in [1.807, 2.05) is 25.1 Å². The molecule has 2 aromatic carbocycles. The second-order valence-electron chi connectivity index (χ2n) is 4.67. The lowest BCUT2D eigenvalue weighted by Crippen LogP contribution is -2.21.